The quantitative estimate of drug-likeness (QED) is 0.551. The van der Waals surface area contributed by atoms with Crippen LogP contribution >= 0.6 is 0 Å². The fourth-order valence-electron chi connectivity index (χ4n) is 2.25. The molecule has 1 aromatic rings. The summed E-state index contributed by atoms with van der Waals surface area (Å²) in [5, 5.41) is 16.5. The number of aliphatic hydroxyl groups is 1. The van der Waals surface area contributed by atoms with Gasteiger partial charge in [-0.3, -0.25) is 0 Å². The molecule has 1 saturated carbocycles. The standard InChI is InChI=1S/C16H25N3O2/c1-3-17-15(19-12-16(20)9-4-10-16)18-11-13-5-7-14(21-2)8-6-13/h5-8,20H,3-4,9-12H2,1-2H3,(H2,17,18,19). The zero-order chi connectivity index (χ0) is 15.1. The van der Waals surface area contributed by atoms with Crippen LogP contribution in [0.3, 0.4) is 0 Å². The first-order valence-electron chi connectivity index (χ1n) is 7.53. The van der Waals surface area contributed by atoms with Crippen LogP contribution in [0.5, 0.6) is 5.75 Å². The van der Waals surface area contributed by atoms with Crippen molar-refractivity contribution in [2.24, 2.45) is 4.99 Å². The van der Waals surface area contributed by atoms with Crippen molar-refractivity contribution < 1.29 is 9.84 Å². The fourth-order valence-corrected chi connectivity index (χ4v) is 2.25. The lowest BCUT2D eigenvalue weighted by atomic mass is 9.80. The van der Waals surface area contributed by atoms with E-state index in [0.29, 0.717) is 13.1 Å². The highest BCUT2D eigenvalue weighted by atomic mass is 16.5. The first-order chi connectivity index (χ1) is 10.1. The molecule has 0 amide bonds. The van der Waals surface area contributed by atoms with Gasteiger partial charge in [-0.25, -0.2) is 4.99 Å². The minimum Gasteiger partial charge on any atom is -0.497 e. The van der Waals surface area contributed by atoms with Crippen LogP contribution in [0.4, 0.5) is 0 Å². The topological polar surface area (TPSA) is 65.9 Å². The van der Waals surface area contributed by atoms with Crippen molar-refractivity contribution in [1.82, 2.24) is 10.6 Å². The smallest absolute Gasteiger partial charge is 0.191 e. The van der Waals surface area contributed by atoms with Gasteiger partial charge >= 0.3 is 0 Å². The molecule has 0 aromatic heterocycles. The van der Waals surface area contributed by atoms with Gasteiger partial charge in [0.2, 0.25) is 0 Å². The van der Waals surface area contributed by atoms with Gasteiger partial charge in [-0.05, 0) is 43.9 Å². The first kappa shape index (κ1) is 15.6. The van der Waals surface area contributed by atoms with Gasteiger partial charge in [-0.1, -0.05) is 12.1 Å². The van der Waals surface area contributed by atoms with Gasteiger partial charge in [0.05, 0.1) is 19.3 Å². The molecule has 2 rings (SSSR count). The van der Waals surface area contributed by atoms with Gasteiger partial charge in [0.1, 0.15) is 5.75 Å². The summed E-state index contributed by atoms with van der Waals surface area (Å²) in [6.07, 6.45) is 2.85. The molecule has 1 aliphatic carbocycles. The second-order valence-electron chi connectivity index (χ2n) is 5.47. The van der Waals surface area contributed by atoms with Gasteiger partial charge in [0.15, 0.2) is 5.96 Å². The second-order valence-corrected chi connectivity index (χ2v) is 5.47. The highest BCUT2D eigenvalue weighted by Crippen LogP contribution is 2.30. The summed E-state index contributed by atoms with van der Waals surface area (Å²) >= 11 is 0. The number of hydrogen-bond acceptors (Lipinski definition) is 3. The average molecular weight is 291 g/mol. The molecular weight excluding hydrogens is 266 g/mol. The number of benzene rings is 1. The number of hydrogen-bond donors (Lipinski definition) is 3. The number of aliphatic imine (C=N–C) groups is 1. The summed E-state index contributed by atoms with van der Waals surface area (Å²) in [6.45, 7) is 3.98. The van der Waals surface area contributed by atoms with E-state index >= 15 is 0 Å². The van der Waals surface area contributed by atoms with Gasteiger partial charge < -0.3 is 20.5 Å². The third kappa shape index (κ3) is 4.63. The molecule has 0 bridgehead atoms. The molecule has 116 valence electrons. The Labute approximate surface area is 126 Å². The SMILES string of the molecule is CCNC(=NCc1ccc(OC)cc1)NCC1(O)CCC1. The fraction of sp³-hybridized carbons (Fsp3) is 0.562. The van der Waals surface area contributed by atoms with Crippen LogP contribution in [0.15, 0.2) is 29.3 Å². The molecular formula is C16H25N3O2. The lowest BCUT2D eigenvalue weighted by Crippen LogP contribution is -2.50. The Morgan fingerprint density at radius 1 is 1.29 bits per heavy atom. The summed E-state index contributed by atoms with van der Waals surface area (Å²) in [5.74, 6) is 1.59. The molecule has 3 N–H and O–H groups in total. The van der Waals surface area contributed by atoms with Crippen molar-refractivity contribution in [1.29, 1.82) is 0 Å². The van der Waals surface area contributed by atoms with Gasteiger partial charge in [0.25, 0.3) is 0 Å². The van der Waals surface area contributed by atoms with E-state index in [9.17, 15) is 5.11 Å². The molecule has 1 aromatic carbocycles. The number of methoxy groups -OCH3 is 1. The molecule has 21 heavy (non-hydrogen) atoms. The van der Waals surface area contributed by atoms with E-state index in [1.807, 2.05) is 31.2 Å². The molecule has 0 aliphatic heterocycles. The van der Waals surface area contributed by atoms with Crippen LogP contribution in [0, 0.1) is 0 Å². The van der Waals surface area contributed by atoms with Crippen LogP contribution in [0.2, 0.25) is 0 Å². The molecule has 0 spiro atoms. The van der Waals surface area contributed by atoms with Crippen LogP contribution in [0.1, 0.15) is 31.7 Å². The molecule has 0 unspecified atom stereocenters. The summed E-state index contributed by atoms with van der Waals surface area (Å²) in [7, 11) is 1.66. The monoisotopic (exact) mass is 291 g/mol. The van der Waals surface area contributed by atoms with E-state index in [2.05, 4.69) is 15.6 Å². The van der Waals surface area contributed by atoms with E-state index in [1.165, 1.54) is 0 Å². The number of ether oxygens (including phenoxy) is 1. The Balaban J connectivity index is 1.89. The highest BCUT2D eigenvalue weighted by Gasteiger charge is 2.34. The number of nitrogens with one attached hydrogen (secondary N) is 2. The lowest BCUT2D eigenvalue weighted by Gasteiger charge is -2.36. The van der Waals surface area contributed by atoms with Crippen molar-refractivity contribution >= 4 is 5.96 Å². The average Bonchev–Trinajstić information content (AvgIpc) is 2.48. The Kier molecular flexibility index (Phi) is 5.44. The van der Waals surface area contributed by atoms with Crippen LogP contribution in [-0.4, -0.2) is 36.9 Å². The maximum atomic E-state index is 10.1. The van der Waals surface area contributed by atoms with E-state index in [1.54, 1.807) is 7.11 Å². The molecule has 0 saturated heterocycles. The summed E-state index contributed by atoms with van der Waals surface area (Å²) in [5.41, 5.74) is 0.575. The normalized spacial score (nSPS) is 17.0. The lowest BCUT2D eigenvalue weighted by molar-refractivity contribution is -0.0279. The molecule has 0 atom stereocenters. The number of nitrogens with zero attached hydrogens (tertiary/aromatic N) is 1. The van der Waals surface area contributed by atoms with E-state index < -0.39 is 5.60 Å². The van der Waals surface area contributed by atoms with Crippen LogP contribution in [-0.2, 0) is 6.54 Å². The first-order valence-corrected chi connectivity index (χ1v) is 7.53. The molecule has 1 fully saturated rings. The van der Waals surface area contributed by atoms with Crippen LogP contribution < -0.4 is 15.4 Å². The third-order valence-electron chi connectivity index (χ3n) is 3.79. The minimum atomic E-state index is -0.545. The summed E-state index contributed by atoms with van der Waals surface area (Å²) in [4.78, 5) is 4.54. The van der Waals surface area contributed by atoms with Crippen molar-refractivity contribution in [3.63, 3.8) is 0 Å². The largest absolute Gasteiger partial charge is 0.497 e. The molecule has 1 aliphatic rings. The zero-order valence-corrected chi connectivity index (χ0v) is 12.9. The summed E-state index contributed by atoms with van der Waals surface area (Å²) < 4.78 is 5.14. The molecule has 0 radical (unpaired) electrons. The Morgan fingerprint density at radius 2 is 2.00 bits per heavy atom. The maximum Gasteiger partial charge on any atom is 0.191 e. The van der Waals surface area contributed by atoms with Crippen molar-refractivity contribution in [3.05, 3.63) is 29.8 Å². The van der Waals surface area contributed by atoms with Crippen molar-refractivity contribution in [2.45, 2.75) is 38.3 Å². The Bertz CT molecular complexity index is 467. The molecule has 0 heterocycles. The van der Waals surface area contributed by atoms with Crippen molar-refractivity contribution in [2.75, 3.05) is 20.2 Å². The minimum absolute atomic E-state index is 0.545. The van der Waals surface area contributed by atoms with E-state index in [-0.39, 0.29) is 0 Å². The summed E-state index contributed by atoms with van der Waals surface area (Å²) in [6, 6.07) is 7.88. The Morgan fingerprint density at radius 3 is 2.52 bits per heavy atom. The predicted molar refractivity (Wildman–Crippen MR) is 84.6 cm³/mol. The van der Waals surface area contributed by atoms with Gasteiger partial charge in [-0.15, -0.1) is 0 Å². The molecule has 5 heteroatoms. The number of rotatable bonds is 6. The van der Waals surface area contributed by atoms with Crippen molar-refractivity contribution in [3.8, 4) is 5.75 Å². The Hall–Kier alpha value is -1.75. The van der Waals surface area contributed by atoms with Crippen LogP contribution in [0.25, 0.3) is 0 Å². The molecule has 5 nitrogen and oxygen atoms in total. The zero-order valence-electron chi connectivity index (χ0n) is 12.9. The second kappa shape index (κ2) is 7.31. The van der Waals surface area contributed by atoms with Gasteiger partial charge in [-0.2, -0.15) is 0 Å². The maximum absolute atomic E-state index is 10.1. The highest BCUT2D eigenvalue weighted by molar-refractivity contribution is 5.79. The number of guanidine groups is 1. The van der Waals surface area contributed by atoms with Gasteiger partial charge in [0, 0.05) is 13.1 Å². The third-order valence-corrected chi connectivity index (χ3v) is 3.79. The van der Waals surface area contributed by atoms with E-state index in [0.717, 1.165) is 43.1 Å². The predicted octanol–water partition coefficient (Wildman–Crippen LogP) is 1.67. The van der Waals surface area contributed by atoms with E-state index in [4.69, 9.17) is 4.74 Å².